The van der Waals surface area contributed by atoms with Gasteiger partial charge in [0, 0.05) is 6.42 Å². The van der Waals surface area contributed by atoms with Gasteiger partial charge in [-0.1, -0.05) is 5.92 Å². The van der Waals surface area contributed by atoms with Crippen LogP contribution >= 0.6 is 0 Å². The van der Waals surface area contributed by atoms with Crippen LogP contribution in [0.15, 0.2) is 5.10 Å². The van der Waals surface area contributed by atoms with Gasteiger partial charge in [-0.2, -0.15) is 0 Å². The van der Waals surface area contributed by atoms with Gasteiger partial charge in [-0.05, 0) is 13.8 Å². The predicted octanol–water partition coefficient (Wildman–Crippen LogP) is 0.433. The summed E-state index contributed by atoms with van der Waals surface area (Å²) in [6.07, 6.45) is 5.99. The van der Waals surface area contributed by atoms with Crippen molar-refractivity contribution in [3.05, 3.63) is 0 Å². The van der Waals surface area contributed by atoms with E-state index >= 15 is 0 Å². The molecule has 6 nitrogen and oxygen atoms in total. The topological polar surface area (TPSA) is 85.9 Å². The maximum atomic E-state index is 11.0. The molecule has 90 valence electrons. The molecule has 6 heteroatoms. The van der Waals surface area contributed by atoms with Crippen molar-refractivity contribution in [1.29, 1.82) is 0 Å². The van der Waals surface area contributed by atoms with Gasteiger partial charge in [-0.15, -0.1) is 11.5 Å². The van der Waals surface area contributed by atoms with E-state index in [4.69, 9.17) is 21.6 Å². The Labute approximate surface area is 95.2 Å². The summed E-state index contributed by atoms with van der Waals surface area (Å²) in [4.78, 5) is 11.0. The number of nitrogens with one attached hydrogen (secondary N) is 1. The number of hydrogen-bond acceptors (Lipinski definition) is 5. The van der Waals surface area contributed by atoms with Gasteiger partial charge in [0.2, 0.25) is 0 Å². The summed E-state index contributed by atoms with van der Waals surface area (Å²) < 4.78 is 9.52. The van der Waals surface area contributed by atoms with Gasteiger partial charge in [0.25, 0.3) is 0 Å². The van der Waals surface area contributed by atoms with Crippen LogP contribution in [-0.2, 0) is 9.47 Å². The molecule has 0 heterocycles. The number of hydrazone groups is 1. The smallest absolute Gasteiger partial charge is 0.427 e. The van der Waals surface area contributed by atoms with Gasteiger partial charge in [0.05, 0.1) is 18.8 Å². The molecule has 0 aliphatic carbocycles. The third kappa shape index (κ3) is 7.64. The van der Waals surface area contributed by atoms with Crippen LogP contribution in [0.4, 0.5) is 4.79 Å². The van der Waals surface area contributed by atoms with Gasteiger partial charge < -0.3 is 15.2 Å². The molecule has 0 aliphatic rings. The van der Waals surface area contributed by atoms with Crippen molar-refractivity contribution in [1.82, 2.24) is 5.43 Å². The van der Waals surface area contributed by atoms with Gasteiger partial charge in [-0.25, -0.2) is 10.2 Å². The van der Waals surface area contributed by atoms with Crippen LogP contribution in [0.2, 0.25) is 0 Å². The van der Waals surface area contributed by atoms with E-state index in [1.54, 1.807) is 13.8 Å². The van der Waals surface area contributed by atoms with Crippen molar-refractivity contribution in [3.63, 3.8) is 0 Å². The van der Waals surface area contributed by atoms with Gasteiger partial charge in [-0.3, -0.25) is 0 Å². The Kier molecular flexibility index (Phi) is 6.72. The summed E-state index contributed by atoms with van der Waals surface area (Å²) in [5, 5.41) is 3.45. The standard InChI is InChI=1S/C10H17N3O3/c1-4-10(3,11)6-7-16-9(14)13-12-8-15-5-2/h1,8H,5-7,11H2,2-3H3,(H,13,14)/b12-8+. The highest BCUT2D eigenvalue weighted by atomic mass is 16.6. The number of nitrogens with two attached hydrogens (primary N) is 1. The zero-order chi connectivity index (χ0) is 12.4. The first-order chi connectivity index (χ1) is 7.52. The Hall–Kier alpha value is -1.74. The minimum atomic E-state index is -0.769. The molecular formula is C10H17N3O3. The minimum Gasteiger partial charge on any atom is -0.482 e. The van der Waals surface area contributed by atoms with Crippen molar-refractivity contribution < 1.29 is 14.3 Å². The zero-order valence-corrected chi connectivity index (χ0v) is 9.53. The molecule has 0 radical (unpaired) electrons. The van der Waals surface area contributed by atoms with E-state index in [2.05, 4.69) is 16.4 Å². The van der Waals surface area contributed by atoms with Gasteiger partial charge in [0.15, 0.2) is 6.40 Å². The van der Waals surface area contributed by atoms with Crippen LogP contribution in [0.3, 0.4) is 0 Å². The molecule has 0 aromatic carbocycles. The highest BCUT2D eigenvalue weighted by Gasteiger charge is 2.14. The van der Waals surface area contributed by atoms with Crippen LogP contribution in [0, 0.1) is 12.3 Å². The van der Waals surface area contributed by atoms with E-state index in [1.807, 2.05) is 0 Å². The second kappa shape index (κ2) is 7.54. The van der Waals surface area contributed by atoms with Crippen LogP contribution in [-0.4, -0.2) is 31.2 Å². The monoisotopic (exact) mass is 227 g/mol. The number of rotatable bonds is 6. The molecule has 16 heavy (non-hydrogen) atoms. The molecule has 0 spiro atoms. The van der Waals surface area contributed by atoms with Crippen LogP contribution < -0.4 is 11.2 Å². The van der Waals surface area contributed by atoms with Crippen LogP contribution in [0.25, 0.3) is 0 Å². The summed E-state index contributed by atoms with van der Waals surface area (Å²) in [5.74, 6) is 2.39. The number of terminal acetylenes is 1. The van der Waals surface area contributed by atoms with Crippen molar-refractivity contribution in [2.24, 2.45) is 10.8 Å². The molecule has 0 aromatic heterocycles. The molecule has 1 unspecified atom stereocenters. The van der Waals surface area contributed by atoms with Crippen molar-refractivity contribution in [3.8, 4) is 12.3 Å². The average Bonchev–Trinajstić information content (AvgIpc) is 2.24. The molecular weight excluding hydrogens is 210 g/mol. The number of hydrogen-bond donors (Lipinski definition) is 2. The molecule has 0 rings (SSSR count). The van der Waals surface area contributed by atoms with Gasteiger partial charge in [0.1, 0.15) is 0 Å². The minimum absolute atomic E-state index is 0.132. The summed E-state index contributed by atoms with van der Waals surface area (Å²) in [7, 11) is 0. The highest BCUT2D eigenvalue weighted by Crippen LogP contribution is 2.02. The third-order valence-electron chi connectivity index (χ3n) is 1.63. The molecule has 0 aliphatic heterocycles. The Morgan fingerprint density at radius 2 is 2.44 bits per heavy atom. The number of ether oxygens (including phenoxy) is 2. The lowest BCUT2D eigenvalue weighted by Gasteiger charge is -2.16. The lowest BCUT2D eigenvalue weighted by atomic mass is 10.0. The first-order valence-corrected chi connectivity index (χ1v) is 4.84. The normalized spacial score (nSPS) is 13.9. The molecule has 0 saturated heterocycles. The first kappa shape index (κ1) is 14.3. The fraction of sp³-hybridized carbons (Fsp3) is 0.600. The lowest BCUT2D eigenvalue weighted by molar-refractivity contribution is 0.140. The van der Waals surface area contributed by atoms with E-state index < -0.39 is 11.6 Å². The molecule has 0 fully saturated rings. The SMILES string of the molecule is C#CC(C)(N)CCOC(=O)N/N=C/OCC. The Balaban J connectivity index is 3.63. The second-order valence-electron chi connectivity index (χ2n) is 3.25. The maximum absolute atomic E-state index is 11.0. The van der Waals surface area contributed by atoms with E-state index in [1.165, 1.54) is 0 Å². The van der Waals surface area contributed by atoms with Crippen LogP contribution in [0.1, 0.15) is 20.3 Å². The average molecular weight is 227 g/mol. The second-order valence-corrected chi connectivity index (χ2v) is 3.25. The predicted molar refractivity (Wildman–Crippen MR) is 60.6 cm³/mol. The van der Waals surface area contributed by atoms with E-state index in [0.29, 0.717) is 13.0 Å². The lowest BCUT2D eigenvalue weighted by Crippen LogP contribution is -2.36. The number of nitrogens with zero attached hydrogens (tertiary/aromatic N) is 1. The summed E-state index contributed by atoms with van der Waals surface area (Å²) in [6.45, 7) is 4.09. The molecule has 1 amide bonds. The molecule has 1 atom stereocenters. The Morgan fingerprint density at radius 1 is 1.75 bits per heavy atom. The fourth-order valence-electron chi connectivity index (χ4n) is 0.651. The highest BCUT2D eigenvalue weighted by molar-refractivity contribution is 5.67. The van der Waals surface area contributed by atoms with Crippen LogP contribution in [0.5, 0.6) is 0 Å². The Bertz CT molecular complexity index is 282. The van der Waals surface area contributed by atoms with Crippen molar-refractivity contribution in [2.45, 2.75) is 25.8 Å². The van der Waals surface area contributed by atoms with E-state index in [-0.39, 0.29) is 6.61 Å². The first-order valence-electron chi connectivity index (χ1n) is 4.84. The van der Waals surface area contributed by atoms with Gasteiger partial charge >= 0.3 is 6.09 Å². The largest absolute Gasteiger partial charge is 0.482 e. The maximum Gasteiger partial charge on any atom is 0.427 e. The third-order valence-corrected chi connectivity index (χ3v) is 1.63. The number of amides is 1. The molecule has 0 aromatic rings. The summed E-state index contributed by atoms with van der Waals surface area (Å²) in [6, 6.07) is 0. The van der Waals surface area contributed by atoms with E-state index in [0.717, 1.165) is 6.40 Å². The molecule has 0 bridgehead atoms. The van der Waals surface area contributed by atoms with E-state index in [9.17, 15) is 4.79 Å². The summed E-state index contributed by atoms with van der Waals surface area (Å²) in [5.41, 5.74) is 6.99. The quantitative estimate of drug-likeness (QED) is 0.298. The molecule has 3 N–H and O–H groups in total. The number of carbonyl (C=O) groups is 1. The summed E-state index contributed by atoms with van der Waals surface area (Å²) >= 11 is 0. The fourth-order valence-corrected chi connectivity index (χ4v) is 0.651. The Morgan fingerprint density at radius 3 is 3.00 bits per heavy atom. The zero-order valence-electron chi connectivity index (χ0n) is 9.53. The van der Waals surface area contributed by atoms with Crippen molar-refractivity contribution in [2.75, 3.05) is 13.2 Å². The molecule has 0 saturated carbocycles. The van der Waals surface area contributed by atoms with Crippen molar-refractivity contribution >= 4 is 12.5 Å². The number of carbonyl (C=O) groups excluding carboxylic acids is 1.